The van der Waals surface area contributed by atoms with Crippen LogP contribution < -0.4 is 35.9 Å². The van der Waals surface area contributed by atoms with Gasteiger partial charge in [0, 0.05) is 37.1 Å². The lowest BCUT2D eigenvalue weighted by atomic mass is 9.87. The van der Waals surface area contributed by atoms with Crippen molar-refractivity contribution in [1.82, 2.24) is 30.2 Å². The highest BCUT2D eigenvalue weighted by Crippen LogP contribution is 2.56. The highest BCUT2D eigenvalue weighted by atomic mass is 32.2. The van der Waals surface area contributed by atoms with Crippen LogP contribution >= 0.6 is 35.2 Å². The van der Waals surface area contributed by atoms with E-state index in [1.54, 1.807) is 0 Å². The van der Waals surface area contributed by atoms with Crippen molar-refractivity contribution in [3.63, 3.8) is 0 Å². The molecule has 1 aliphatic heterocycles. The van der Waals surface area contributed by atoms with Crippen molar-refractivity contribution in [2.75, 3.05) is 37.8 Å². The number of carbonyl (C=O) groups excluding carboxylic acids is 3. The summed E-state index contributed by atoms with van der Waals surface area (Å²) in [6.45, 7) is 2.19. The number of unbranched alkanes of at least 4 members (excludes halogenated alkanes) is 5. The van der Waals surface area contributed by atoms with Crippen LogP contribution in [0.4, 0.5) is 5.82 Å². The monoisotopic (exact) mass is 1040 g/mol. The summed E-state index contributed by atoms with van der Waals surface area (Å²) in [7, 11) is -17.6. The van der Waals surface area contributed by atoms with Gasteiger partial charge in [0.2, 0.25) is 11.8 Å². The molecule has 2 amide bonds. The van der Waals surface area contributed by atoms with Crippen molar-refractivity contribution in [3.8, 4) is 0 Å². The first-order chi connectivity index (χ1) is 31.9. The number of imidazole rings is 1. The Hall–Kier alpha value is -3.00. The first-order valence-corrected chi connectivity index (χ1v) is 27.3. The number of nitrogens with two attached hydrogens (primary N) is 1. The van der Waals surface area contributed by atoms with Crippen LogP contribution in [0.25, 0.3) is 11.2 Å². The standard InChI is InChI=1S/C39H66N7O18P3S/c1-4-5-6-13-16-27(47)17-14-11-9-7-8-10-12-15-18-30(49)68-22-21-41-29(48)19-20-42-37(52)34(51)39(2,3)24-61-67(58,59)64-66(56,57)60-23-28-33(63-65(53,54)55)32(50)38(62-28)46-26-45-31-35(40)43-25-44-36(31)46/h5-6,11,14,25-28,32-34,38,47,50-51H,4,7-10,12-13,15-24H2,1-3H3,(H,41,48)(H,42,52)(H,56,57)(H,58,59)(H2,40,43,44)(H2,53,54,55)/p-4/b6-5-,14-11-/t27-,28-,32-,33-,34+,38-/m1/s1. The number of fused-ring (bicyclic) bond motifs is 1. The number of aliphatic hydroxyl groups excluding tert-OH is 3. The number of allylic oxidation sites excluding steroid dienone is 3. The van der Waals surface area contributed by atoms with Crippen molar-refractivity contribution in [1.29, 1.82) is 0 Å². The Morgan fingerprint density at radius 1 is 0.941 bits per heavy atom. The van der Waals surface area contributed by atoms with E-state index in [0.717, 1.165) is 86.8 Å². The summed E-state index contributed by atoms with van der Waals surface area (Å²) in [5.41, 5.74) is 4.07. The van der Waals surface area contributed by atoms with E-state index >= 15 is 0 Å². The van der Waals surface area contributed by atoms with Crippen LogP contribution in [0, 0.1) is 5.41 Å². The lowest BCUT2D eigenvalue weighted by Gasteiger charge is -2.36. The number of phosphoric ester groups is 3. The molecule has 0 spiro atoms. The number of aliphatic hydroxyl groups is 3. The Bertz CT molecular complexity index is 2130. The van der Waals surface area contributed by atoms with E-state index < -0.39 is 84.6 Å². The number of hydrogen-bond donors (Lipinski definition) is 6. The van der Waals surface area contributed by atoms with Gasteiger partial charge in [0.15, 0.2) is 22.8 Å². The second-order valence-electron chi connectivity index (χ2n) is 16.3. The minimum Gasteiger partial charge on any atom is -0.790 e. The Morgan fingerprint density at radius 3 is 2.35 bits per heavy atom. The minimum absolute atomic E-state index is 0.0200. The molecule has 3 heterocycles. The van der Waals surface area contributed by atoms with Gasteiger partial charge >= 0.3 is 0 Å². The van der Waals surface area contributed by atoms with Crippen LogP contribution in [0.2, 0.25) is 0 Å². The fourth-order valence-corrected chi connectivity index (χ4v) is 9.92. The molecule has 25 nitrogen and oxygen atoms in total. The summed E-state index contributed by atoms with van der Waals surface area (Å²) in [4.78, 5) is 96.8. The third-order valence-electron chi connectivity index (χ3n) is 10.1. The second kappa shape index (κ2) is 28.7. The fourth-order valence-electron chi connectivity index (χ4n) is 6.47. The van der Waals surface area contributed by atoms with Gasteiger partial charge in [0.05, 0.1) is 33.5 Å². The lowest BCUT2D eigenvalue weighted by molar-refractivity contribution is -0.347. The van der Waals surface area contributed by atoms with Crippen molar-refractivity contribution < 1.29 is 85.6 Å². The third kappa shape index (κ3) is 21.6. The van der Waals surface area contributed by atoms with E-state index in [1.165, 1.54) is 13.8 Å². The van der Waals surface area contributed by atoms with Crippen LogP contribution in [0.15, 0.2) is 37.0 Å². The number of ether oxygens (including phenoxy) is 1. The van der Waals surface area contributed by atoms with Crippen molar-refractivity contribution in [3.05, 3.63) is 37.0 Å². The predicted octanol–water partition coefficient (Wildman–Crippen LogP) is 0.921. The zero-order valence-corrected chi connectivity index (χ0v) is 41.5. The highest BCUT2D eigenvalue weighted by Gasteiger charge is 2.47. The number of thioether (sulfide) groups is 1. The van der Waals surface area contributed by atoms with Crippen molar-refractivity contribution in [2.24, 2.45) is 5.41 Å². The normalized spacial score (nSPS) is 20.7. The largest absolute Gasteiger partial charge is 0.790 e. The molecule has 8 atom stereocenters. The number of carbonyl (C=O) groups is 3. The molecule has 0 bridgehead atoms. The maximum Gasteiger partial charge on any atom is 0.274 e. The summed E-state index contributed by atoms with van der Waals surface area (Å²) < 4.78 is 60.8. The molecule has 0 saturated carbocycles. The van der Waals surface area contributed by atoms with Crippen LogP contribution in [-0.2, 0) is 50.7 Å². The summed E-state index contributed by atoms with van der Waals surface area (Å²) in [5, 5.41) is 36.4. The maximum atomic E-state index is 12.6. The van der Waals surface area contributed by atoms with Gasteiger partial charge in [-0.15, -0.1) is 0 Å². The van der Waals surface area contributed by atoms with Gasteiger partial charge in [-0.2, -0.15) is 0 Å². The number of rotatable bonds is 33. The molecule has 3 rings (SSSR count). The van der Waals surface area contributed by atoms with Gasteiger partial charge < -0.3 is 74.1 Å². The van der Waals surface area contributed by atoms with E-state index in [4.69, 9.17) is 10.5 Å². The summed E-state index contributed by atoms with van der Waals surface area (Å²) in [6, 6.07) is 0. The van der Waals surface area contributed by atoms with E-state index in [2.05, 4.69) is 68.6 Å². The van der Waals surface area contributed by atoms with Crippen molar-refractivity contribution >= 4 is 69.1 Å². The summed E-state index contributed by atoms with van der Waals surface area (Å²) in [6.07, 6.45) is 9.94. The highest BCUT2D eigenvalue weighted by molar-refractivity contribution is 8.13. The maximum absolute atomic E-state index is 12.6. The second-order valence-corrected chi connectivity index (χ2v) is 21.5. The number of anilines is 1. The Balaban J connectivity index is 1.30. The molecule has 2 aromatic rings. The zero-order valence-electron chi connectivity index (χ0n) is 38.0. The van der Waals surface area contributed by atoms with Crippen molar-refractivity contribution in [2.45, 2.75) is 135 Å². The molecule has 386 valence electrons. The summed E-state index contributed by atoms with van der Waals surface area (Å²) in [5.74, 6) is -1.19. The van der Waals surface area contributed by atoms with Gasteiger partial charge in [-0.1, -0.05) is 76.1 Å². The molecule has 1 saturated heterocycles. The summed E-state index contributed by atoms with van der Waals surface area (Å²) >= 11 is 1.11. The van der Waals surface area contributed by atoms with Crippen LogP contribution in [0.3, 0.4) is 0 Å². The van der Waals surface area contributed by atoms with Crippen LogP contribution in [-0.4, -0.2) is 114 Å². The molecule has 68 heavy (non-hydrogen) atoms. The molecule has 2 unspecified atom stereocenters. The average molecular weight is 1040 g/mol. The van der Waals surface area contributed by atoms with E-state index in [1.807, 2.05) is 6.08 Å². The van der Waals surface area contributed by atoms with Gasteiger partial charge in [0.1, 0.15) is 36.3 Å². The first kappa shape index (κ1) is 59.3. The smallest absolute Gasteiger partial charge is 0.274 e. The molecule has 0 aliphatic carbocycles. The lowest BCUT2D eigenvalue weighted by Crippen LogP contribution is -2.46. The Kier molecular flexibility index (Phi) is 25.1. The number of nitrogens with zero attached hydrogens (tertiary/aromatic N) is 4. The van der Waals surface area contributed by atoms with Gasteiger partial charge in [-0.3, -0.25) is 28.1 Å². The van der Waals surface area contributed by atoms with E-state index in [0.29, 0.717) is 18.6 Å². The molecule has 0 aromatic carbocycles. The Labute approximate surface area is 398 Å². The van der Waals surface area contributed by atoms with Crippen LogP contribution in [0.1, 0.15) is 104 Å². The zero-order chi connectivity index (χ0) is 50.5. The number of nitrogen functional groups attached to an aromatic ring is 1. The molecular weight excluding hydrogens is 979 g/mol. The van der Waals surface area contributed by atoms with Gasteiger partial charge in [-0.05, 0) is 44.9 Å². The quantitative estimate of drug-likeness (QED) is 0.0329. The number of nitrogens with one attached hydrogen (secondary N) is 2. The number of aromatic nitrogens is 4. The van der Waals surface area contributed by atoms with Crippen LogP contribution in [0.5, 0.6) is 0 Å². The van der Waals surface area contributed by atoms with Gasteiger partial charge in [0.25, 0.3) is 15.6 Å². The van der Waals surface area contributed by atoms with E-state index in [-0.39, 0.29) is 47.7 Å². The number of phosphoric acid groups is 3. The van der Waals surface area contributed by atoms with Gasteiger partial charge in [-0.25, -0.2) is 19.3 Å². The molecular formula is C39H62N7O18P3S-4. The minimum atomic E-state index is -5.93. The average Bonchev–Trinajstić information content (AvgIpc) is 3.82. The molecule has 1 aliphatic rings. The predicted molar refractivity (Wildman–Crippen MR) is 239 cm³/mol. The third-order valence-corrected chi connectivity index (χ3v) is 14.1. The topological polar surface area (TPSA) is 395 Å². The first-order valence-electron chi connectivity index (χ1n) is 21.9. The Morgan fingerprint density at radius 2 is 1.63 bits per heavy atom. The fraction of sp³-hybridized carbons (Fsp3) is 0.692. The molecule has 0 radical (unpaired) electrons. The number of amides is 2. The SMILES string of the molecule is CC/C=C\CC[C@@H](O)C/C=C\CCCCCCCC(=O)SCCNC(=O)CCNC(=O)[C@H](O)C(C)(C)COP(=O)([O-])OP(=O)([O-])OC[C@H]1O[C@@H](n2cnc3c(N)ncnc32)[C@H](O)[C@@H]1OP(=O)([O-])[O-]. The van der Waals surface area contributed by atoms with E-state index in [9.17, 15) is 63.0 Å². The number of hydrogen-bond acceptors (Lipinski definition) is 23. The molecule has 29 heteroatoms. The molecule has 1 fully saturated rings. The molecule has 2 aromatic heterocycles. The molecule has 7 N–H and O–H groups in total.